The van der Waals surface area contributed by atoms with Gasteiger partial charge in [-0.15, -0.1) is 0 Å². The molecule has 0 aliphatic heterocycles. The van der Waals surface area contributed by atoms with Gasteiger partial charge >= 0.3 is 0 Å². The van der Waals surface area contributed by atoms with Crippen LogP contribution in [0.5, 0.6) is 0 Å². The quantitative estimate of drug-likeness (QED) is 0.596. The number of benzene rings is 1. The highest BCUT2D eigenvalue weighted by Gasteiger charge is 2.15. The van der Waals surface area contributed by atoms with Crippen molar-refractivity contribution in [2.45, 2.75) is 36.5 Å². The standard InChI is InChI=1S/C14H25N3O4S2/c1-3-11-17(4-2)12-5-10-16-23(20,21)14-8-6-13(7-9-14)22(15,18)19/h6-9,16H,3-5,10-12H2,1-2H3,(H2,15,18,19). The average molecular weight is 364 g/mol. The molecule has 0 aliphatic rings. The lowest BCUT2D eigenvalue weighted by atomic mass is 10.3. The topological polar surface area (TPSA) is 110 Å². The number of sulfonamides is 2. The summed E-state index contributed by atoms with van der Waals surface area (Å²) in [6.07, 6.45) is 1.78. The number of primary sulfonamides is 1. The zero-order valence-corrected chi connectivity index (χ0v) is 15.2. The molecule has 7 nitrogen and oxygen atoms in total. The summed E-state index contributed by atoms with van der Waals surface area (Å²) in [5.41, 5.74) is 0. The van der Waals surface area contributed by atoms with Gasteiger partial charge in [0.1, 0.15) is 0 Å². The Kier molecular flexibility index (Phi) is 7.62. The van der Waals surface area contributed by atoms with E-state index in [1.165, 1.54) is 24.3 Å². The first kappa shape index (κ1) is 20.0. The second-order valence-electron chi connectivity index (χ2n) is 5.20. The van der Waals surface area contributed by atoms with E-state index in [2.05, 4.69) is 23.5 Å². The van der Waals surface area contributed by atoms with Crippen molar-refractivity contribution in [1.29, 1.82) is 0 Å². The predicted molar refractivity (Wildman–Crippen MR) is 90.0 cm³/mol. The van der Waals surface area contributed by atoms with Gasteiger partial charge in [0.2, 0.25) is 20.0 Å². The van der Waals surface area contributed by atoms with E-state index < -0.39 is 20.0 Å². The molecule has 0 atom stereocenters. The molecule has 0 heterocycles. The third-order valence-corrected chi connectivity index (χ3v) is 5.80. The van der Waals surface area contributed by atoms with E-state index in [0.717, 1.165) is 26.1 Å². The second-order valence-corrected chi connectivity index (χ2v) is 8.53. The number of hydrogen-bond donors (Lipinski definition) is 2. The predicted octanol–water partition coefficient (Wildman–Crippen LogP) is 0.734. The van der Waals surface area contributed by atoms with Crippen LogP contribution in [0, 0.1) is 0 Å². The minimum Gasteiger partial charge on any atom is -0.304 e. The lowest BCUT2D eigenvalue weighted by molar-refractivity contribution is 0.285. The Morgan fingerprint density at radius 1 is 1.00 bits per heavy atom. The summed E-state index contributed by atoms with van der Waals surface area (Å²) in [5.74, 6) is 0. The first-order valence-electron chi connectivity index (χ1n) is 7.55. The Morgan fingerprint density at radius 2 is 1.57 bits per heavy atom. The Labute approximate surface area is 139 Å². The van der Waals surface area contributed by atoms with Gasteiger partial charge in [-0.3, -0.25) is 0 Å². The Bertz CT molecular complexity index is 685. The number of rotatable bonds is 10. The summed E-state index contributed by atoms with van der Waals surface area (Å²) >= 11 is 0. The van der Waals surface area contributed by atoms with Gasteiger partial charge in [-0.2, -0.15) is 0 Å². The van der Waals surface area contributed by atoms with E-state index in [1.54, 1.807) is 0 Å². The molecule has 23 heavy (non-hydrogen) atoms. The maximum atomic E-state index is 12.1. The summed E-state index contributed by atoms with van der Waals surface area (Å²) in [5, 5.41) is 4.98. The van der Waals surface area contributed by atoms with Crippen LogP contribution in [0.2, 0.25) is 0 Å². The lowest BCUT2D eigenvalue weighted by Crippen LogP contribution is -2.30. The molecule has 0 radical (unpaired) electrons. The van der Waals surface area contributed by atoms with Gasteiger partial charge in [-0.25, -0.2) is 26.7 Å². The van der Waals surface area contributed by atoms with Crippen LogP contribution in [-0.2, 0) is 20.0 Å². The lowest BCUT2D eigenvalue weighted by Gasteiger charge is -2.19. The number of nitrogens with zero attached hydrogens (tertiary/aromatic N) is 1. The van der Waals surface area contributed by atoms with Crippen LogP contribution in [0.25, 0.3) is 0 Å². The monoisotopic (exact) mass is 363 g/mol. The number of nitrogens with two attached hydrogens (primary N) is 1. The minimum absolute atomic E-state index is 0.0193. The van der Waals surface area contributed by atoms with Gasteiger partial charge in [-0.05, 0) is 56.7 Å². The van der Waals surface area contributed by atoms with Crippen molar-refractivity contribution < 1.29 is 16.8 Å². The molecule has 3 N–H and O–H groups in total. The molecule has 0 saturated carbocycles. The Balaban J connectivity index is 2.59. The van der Waals surface area contributed by atoms with E-state index in [0.29, 0.717) is 13.0 Å². The maximum absolute atomic E-state index is 12.1. The maximum Gasteiger partial charge on any atom is 0.240 e. The van der Waals surface area contributed by atoms with Gasteiger partial charge < -0.3 is 4.90 Å². The summed E-state index contributed by atoms with van der Waals surface area (Å²) in [6, 6.07) is 4.84. The van der Waals surface area contributed by atoms with Gasteiger partial charge in [0.25, 0.3) is 0 Å². The van der Waals surface area contributed by atoms with E-state index in [-0.39, 0.29) is 9.79 Å². The fourth-order valence-electron chi connectivity index (χ4n) is 2.15. The molecule has 1 aromatic rings. The zero-order chi connectivity index (χ0) is 17.5. The van der Waals surface area contributed by atoms with E-state index >= 15 is 0 Å². The van der Waals surface area contributed by atoms with Crippen molar-refractivity contribution in [3.8, 4) is 0 Å². The fourth-order valence-corrected chi connectivity index (χ4v) is 3.73. The molecule has 0 saturated heterocycles. The fraction of sp³-hybridized carbons (Fsp3) is 0.571. The molecule has 0 amide bonds. The average Bonchev–Trinajstić information content (AvgIpc) is 2.49. The van der Waals surface area contributed by atoms with Crippen LogP contribution >= 0.6 is 0 Å². The molecule has 0 fully saturated rings. The highest BCUT2D eigenvalue weighted by molar-refractivity contribution is 7.89. The molecule has 0 spiro atoms. The third kappa shape index (κ3) is 6.56. The van der Waals surface area contributed by atoms with E-state index in [1.807, 2.05) is 0 Å². The van der Waals surface area contributed by atoms with E-state index in [9.17, 15) is 16.8 Å². The summed E-state index contributed by atoms with van der Waals surface area (Å²) in [6.45, 7) is 7.29. The Morgan fingerprint density at radius 3 is 2.04 bits per heavy atom. The van der Waals surface area contributed by atoms with Crippen molar-refractivity contribution >= 4 is 20.0 Å². The first-order valence-corrected chi connectivity index (χ1v) is 10.6. The molecule has 0 unspecified atom stereocenters. The largest absolute Gasteiger partial charge is 0.304 e. The molecule has 9 heteroatoms. The van der Waals surface area contributed by atoms with Crippen LogP contribution in [0.3, 0.4) is 0 Å². The summed E-state index contributed by atoms with van der Waals surface area (Å²) in [4.78, 5) is 2.16. The smallest absolute Gasteiger partial charge is 0.240 e. The van der Waals surface area contributed by atoms with Crippen molar-refractivity contribution in [2.24, 2.45) is 5.14 Å². The summed E-state index contributed by atoms with van der Waals surface area (Å²) in [7, 11) is -7.47. The summed E-state index contributed by atoms with van der Waals surface area (Å²) < 4.78 is 49.1. The van der Waals surface area contributed by atoms with Gasteiger partial charge in [0, 0.05) is 6.54 Å². The van der Waals surface area contributed by atoms with Gasteiger partial charge in [-0.1, -0.05) is 13.8 Å². The SMILES string of the molecule is CCCN(CC)CCCNS(=O)(=O)c1ccc(S(N)(=O)=O)cc1. The van der Waals surface area contributed by atoms with Gasteiger partial charge in [0.05, 0.1) is 9.79 Å². The molecular formula is C14H25N3O4S2. The molecule has 132 valence electrons. The van der Waals surface area contributed by atoms with Crippen LogP contribution < -0.4 is 9.86 Å². The van der Waals surface area contributed by atoms with Crippen LogP contribution in [-0.4, -0.2) is 47.9 Å². The second kappa shape index (κ2) is 8.74. The normalized spacial score (nSPS) is 12.7. The first-order chi connectivity index (χ1) is 10.7. The minimum atomic E-state index is -3.82. The van der Waals surface area contributed by atoms with Crippen molar-refractivity contribution in [2.75, 3.05) is 26.2 Å². The molecular weight excluding hydrogens is 338 g/mol. The highest BCUT2D eigenvalue weighted by atomic mass is 32.2. The van der Waals surface area contributed by atoms with Crippen LogP contribution in [0.4, 0.5) is 0 Å². The van der Waals surface area contributed by atoms with Crippen molar-refractivity contribution in [1.82, 2.24) is 9.62 Å². The molecule has 0 aliphatic carbocycles. The van der Waals surface area contributed by atoms with Gasteiger partial charge in [0.15, 0.2) is 0 Å². The molecule has 1 aromatic carbocycles. The molecule has 1 rings (SSSR count). The molecule has 0 bridgehead atoms. The highest BCUT2D eigenvalue weighted by Crippen LogP contribution is 2.13. The van der Waals surface area contributed by atoms with E-state index in [4.69, 9.17) is 5.14 Å². The third-order valence-electron chi connectivity index (χ3n) is 3.39. The number of hydrogen-bond acceptors (Lipinski definition) is 5. The zero-order valence-electron chi connectivity index (χ0n) is 13.5. The van der Waals surface area contributed by atoms with Crippen molar-refractivity contribution in [3.05, 3.63) is 24.3 Å². The van der Waals surface area contributed by atoms with Crippen LogP contribution in [0.15, 0.2) is 34.1 Å². The number of nitrogens with one attached hydrogen (secondary N) is 1. The molecule has 0 aromatic heterocycles. The van der Waals surface area contributed by atoms with Crippen molar-refractivity contribution in [3.63, 3.8) is 0 Å². The van der Waals surface area contributed by atoms with Crippen LogP contribution in [0.1, 0.15) is 26.7 Å². The Hall–Kier alpha value is -1.00.